The van der Waals surface area contributed by atoms with E-state index in [4.69, 9.17) is 5.73 Å². The third-order valence-electron chi connectivity index (χ3n) is 3.00. The summed E-state index contributed by atoms with van der Waals surface area (Å²) in [7, 11) is 0. The molecule has 0 aromatic heterocycles. The molecule has 1 unspecified atom stereocenters. The summed E-state index contributed by atoms with van der Waals surface area (Å²) in [6, 6.07) is 6.64. The SMILES string of the molecule is CCCC(C)(N)Cc1ccc(C)c(C)c1. The Morgan fingerprint density at radius 1 is 1.20 bits per heavy atom. The van der Waals surface area contributed by atoms with Crippen LogP contribution < -0.4 is 5.73 Å². The molecule has 2 N–H and O–H groups in total. The highest BCUT2D eigenvalue weighted by atomic mass is 14.7. The normalized spacial score (nSPS) is 15.0. The lowest BCUT2D eigenvalue weighted by atomic mass is 9.88. The maximum absolute atomic E-state index is 6.25. The van der Waals surface area contributed by atoms with Crippen LogP contribution in [0, 0.1) is 13.8 Å². The molecule has 0 saturated carbocycles. The van der Waals surface area contributed by atoms with Gasteiger partial charge in [-0.1, -0.05) is 31.5 Å². The van der Waals surface area contributed by atoms with Gasteiger partial charge in [-0.25, -0.2) is 0 Å². The Morgan fingerprint density at radius 3 is 2.40 bits per heavy atom. The quantitative estimate of drug-likeness (QED) is 0.801. The minimum Gasteiger partial charge on any atom is -0.325 e. The van der Waals surface area contributed by atoms with E-state index in [0.717, 1.165) is 19.3 Å². The van der Waals surface area contributed by atoms with Crippen molar-refractivity contribution >= 4 is 0 Å². The van der Waals surface area contributed by atoms with Gasteiger partial charge in [-0.2, -0.15) is 0 Å². The van der Waals surface area contributed by atoms with Gasteiger partial charge in [-0.05, 0) is 50.3 Å². The molecule has 1 nitrogen and oxygen atoms in total. The topological polar surface area (TPSA) is 26.0 Å². The van der Waals surface area contributed by atoms with Gasteiger partial charge in [-0.15, -0.1) is 0 Å². The Kier molecular flexibility index (Phi) is 3.92. The Morgan fingerprint density at radius 2 is 1.87 bits per heavy atom. The number of benzene rings is 1. The van der Waals surface area contributed by atoms with Crippen LogP contribution >= 0.6 is 0 Å². The average Bonchev–Trinajstić information content (AvgIpc) is 2.10. The Hall–Kier alpha value is -0.820. The lowest BCUT2D eigenvalue weighted by Gasteiger charge is -2.24. The molecule has 1 aromatic carbocycles. The summed E-state index contributed by atoms with van der Waals surface area (Å²) in [5, 5.41) is 0. The summed E-state index contributed by atoms with van der Waals surface area (Å²) >= 11 is 0. The molecule has 0 fully saturated rings. The van der Waals surface area contributed by atoms with Gasteiger partial charge in [0.05, 0.1) is 0 Å². The first-order valence-electron chi connectivity index (χ1n) is 5.79. The first kappa shape index (κ1) is 12.3. The number of rotatable bonds is 4. The van der Waals surface area contributed by atoms with Crippen molar-refractivity contribution in [2.75, 3.05) is 0 Å². The molecule has 0 aliphatic carbocycles. The van der Waals surface area contributed by atoms with Crippen LogP contribution in [0.3, 0.4) is 0 Å². The van der Waals surface area contributed by atoms with Crippen LogP contribution in [-0.4, -0.2) is 5.54 Å². The second-order valence-electron chi connectivity index (χ2n) is 5.00. The molecule has 15 heavy (non-hydrogen) atoms. The van der Waals surface area contributed by atoms with Gasteiger partial charge in [0, 0.05) is 5.54 Å². The fourth-order valence-electron chi connectivity index (χ4n) is 2.04. The fourth-order valence-corrected chi connectivity index (χ4v) is 2.04. The van der Waals surface area contributed by atoms with Crippen molar-refractivity contribution in [3.8, 4) is 0 Å². The monoisotopic (exact) mass is 205 g/mol. The van der Waals surface area contributed by atoms with Crippen molar-refractivity contribution < 1.29 is 0 Å². The standard InChI is InChI=1S/C14H23N/c1-5-8-14(4,15)10-13-7-6-11(2)12(3)9-13/h6-7,9H,5,8,10,15H2,1-4H3. The third-order valence-corrected chi connectivity index (χ3v) is 3.00. The van der Waals surface area contributed by atoms with E-state index in [9.17, 15) is 0 Å². The molecule has 1 aromatic rings. The van der Waals surface area contributed by atoms with Gasteiger partial charge in [0.2, 0.25) is 0 Å². The van der Waals surface area contributed by atoms with Gasteiger partial charge in [-0.3, -0.25) is 0 Å². The van der Waals surface area contributed by atoms with Crippen LogP contribution in [-0.2, 0) is 6.42 Å². The zero-order chi connectivity index (χ0) is 11.5. The van der Waals surface area contributed by atoms with Crippen LogP contribution in [0.2, 0.25) is 0 Å². The van der Waals surface area contributed by atoms with Gasteiger partial charge < -0.3 is 5.73 Å². The number of hydrogen-bond donors (Lipinski definition) is 1. The molecule has 0 aliphatic rings. The molecule has 0 saturated heterocycles. The molecular formula is C14H23N. The minimum absolute atomic E-state index is 0.0591. The number of nitrogens with two attached hydrogens (primary N) is 1. The third kappa shape index (κ3) is 3.67. The second kappa shape index (κ2) is 4.80. The molecular weight excluding hydrogens is 182 g/mol. The molecule has 1 atom stereocenters. The van der Waals surface area contributed by atoms with Crippen LogP contribution in [0.4, 0.5) is 0 Å². The molecule has 1 rings (SSSR count). The Bertz CT molecular complexity index is 326. The zero-order valence-corrected chi connectivity index (χ0v) is 10.4. The molecule has 84 valence electrons. The lowest BCUT2D eigenvalue weighted by Crippen LogP contribution is -2.38. The summed E-state index contributed by atoms with van der Waals surface area (Å²) in [6.45, 7) is 8.64. The van der Waals surface area contributed by atoms with Crippen molar-refractivity contribution in [1.82, 2.24) is 0 Å². The van der Waals surface area contributed by atoms with Gasteiger partial charge in [0.25, 0.3) is 0 Å². The molecule has 0 heterocycles. The first-order valence-corrected chi connectivity index (χ1v) is 5.79. The predicted octanol–water partition coefficient (Wildman–Crippen LogP) is 3.36. The highest BCUT2D eigenvalue weighted by molar-refractivity contribution is 5.30. The second-order valence-corrected chi connectivity index (χ2v) is 5.00. The van der Waals surface area contributed by atoms with Crippen LogP contribution in [0.25, 0.3) is 0 Å². The van der Waals surface area contributed by atoms with Gasteiger partial charge in [0.1, 0.15) is 0 Å². The smallest absolute Gasteiger partial charge is 0.0166 e. The van der Waals surface area contributed by atoms with E-state index in [-0.39, 0.29) is 5.54 Å². The molecule has 0 spiro atoms. The van der Waals surface area contributed by atoms with Crippen molar-refractivity contribution in [3.63, 3.8) is 0 Å². The number of hydrogen-bond acceptors (Lipinski definition) is 1. The van der Waals surface area contributed by atoms with Crippen LogP contribution in [0.15, 0.2) is 18.2 Å². The fraction of sp³-hybridized carbons (Fsp3) is 0.571. The van der Waals surface area contributed by atoms with E-state index in [1.807, 2.05) is 0 Å². The molecule has 0 amide bonds. The summed E-state index contributed by atoms with van der Waals surface area (Å²) < 4.78 is 0. The average molecular weight is 205 g/mol. The Balaban J connectivity index is 2.76. The van der Waals surface area contributed by atoms with E-state index in [2.05, 4.69) is 45.9 Å². The highest BCUT2D eigenvalue weighted by Gasteiger charge is 2.17. The molecule has 0 aliphatic heterocycles. The van der Waals surface area contributed by atoms with Crippen LogP contribution in [0.1, 0.15) is 43.4 Å². The predicted molar refractivity (Wildman–Crippen MR) is 67.1 cm³/mol. The molecule has 1 heteroatoms. The van der Waals surface area contributed by atoms with Crippen molar-refractivity contribution in [2.45, 2.75) is 52.5 Å². The molecule has 0 radical (unpaired) electrons. The van der Waals surface area contributed by atoms with Gasteiger partial charge in [0.15, 0.2) is 0 Å². The maximum Gasteiger partial charge on any atom is 0.0166 e. The largest absolute Gasteiger partial charge is 0.325 e. The molecule has 0 bridgehead atoms. The van der Waals surface area contributed by atoms with E-state index in [1.54, 1.807) is 0 Å². The summed E-state index contributed by atoms with van der Waals surface area (Å²) in [4.78, 5) is 0. The summed E-state index contributed by atoms with van der Waals surface area (Å²) in [5.41, 5.74) is 10.3. The van der Waals surface area contributed by atoms with Crippen molar-refractivity contribution in [3.05, 3.63) is 34.9 Å². The van der Waals surface area contributed by atoms with E-state index < -0.39 is 0 Å². The highest BCUT2D eigenvalue weighted by Crippen LogP contribution is 2.18. The van der Waals surface area contributed by atoms with Crippen molar-refractivity contribution in [2.24, 2.45) is 5.73 Å². The summed E-state index contributed by atoms with van der Waals surface area (Å²) in [5.74, 6) is 0. The first-order chi connectivity index (χ1) is 6.94. The number of aryl methyl sites for hydroxylation is 2. The minimum atomic E-state index is -0.0591. The van der Waals surface area contributed by atoms with Crippen molar-refractivity contribution in [1.29, 1.82) is 0 Å². The van der Waals surface area contributed by atoms with Crippen LogP contribution in [0.5, 0.6) is 0 Å². The van der Waals surface area contributed by atoms with E-state index in [0.29, 0.717) is 0 Å². The maximum atomic E-state index is 6.25. The Labute approximate surface area is 93.7 Å². The zero-order valence-electron chi connectivity index (χ0n) is 10.4. The van der Waals surface area contributed by atoms with E-state index >= 15 is 0 Å². The lowest BCUT2D eigenvalue weighted by molar-refractivity contribution is 0.424. The van der Waals surface area contributed by atoms with E-state index in [1.165, 1.54) is 16.7 Å². The summed E-state index contributed by atoms with van der Waals surface area (Å²) in [6.07, 6.45) is 3.21. The van der Waals surface area contributed by atoms with Gasteiger partial charge >= 0.3 is 0 Å².